The van der Waals surface area contributed by atoms with Crippen LogP contribution >= 0.6 is 15.9 Å². The SMILES string of the molecule is Cn1ncc(Br)c1C(N)C1CN2CCCC2CO1. The summed E-state index contributed by atoms with van der Waals surface area (Å²) in [6.45, 7) is 2.93. The van der Waals surface area contributed by atoms with Gasteiger partial charge >= 0.3 is 0 Å². The third-order valence-corrected chi connectivity index (χ3v) is 4.68. The van der Waals surface area contributed by atoms with E-state index in [-0.39, 0.29) is 12.1 Å². The van der Waals surface area contributed by atoms with Crippen molar-refractivity contribution in [2.75, 3.05) is 19.7 Å². The Morgan fingerprint density at radius 3 is 3.17 bits per heavy atom. The van der Waals surface area contributed by atoms with Crippen molar-refractivity contribution in [3.8, 4) is 0 Å². The maximum absolute atomic E-state index is 6.36. The molecule has 0 saturated carbocycles. The van der Waals surface area contributed by atoms with E-state index in [0.29, 0.717) is 6.04 Å². The number of rotatable bonds is 2. The van der Waals surface area contributed by atoms with E-state index >= 15 is 0 Å². The van der Waals surface area contributed by atoms with Crippen LogP contribution in [0.4, 0.5) is 0 Å². The van der Waals surface area contributed by atoms with E-state index in [0.717, 1.165) is 23.3 Å². The molecule has 0 spiro atoms. The topological polar surface area (TPSA) is 56.3 Å². The summed E-state index contributed by atoms with van der Waals surface area (Å²) in [5.74, 6) is 0. The zero-order chi connectivity index (χ0) is 12.7. The number of hydrogen-bond donors (Lipinski definition) is 1. The van der Waals surface area contributed by atoms with E-state index in [2.05, 4.69) is 25.9 Å². The molecule has 2 fully saturated rings. The lowest BCUT2D eigenvalue weighted by atomic mass is 10.1. The monoisotopic (exact) mass is 314 g/mol. The van der Waals surface area contributed by atoms with Crippen LogP contribution in [0.25, 0.3) is 0 Å². The number of hydrogen-bond acceptors (Lipinski definition) is 4. The molecule has 3 heterocycles. The normalized spacial score (nSPS) is 30.4. The van der Waals surface area contributed by atoms with Crippen molar-refractivity contribution >= 4 is 15.9 Å². The third-order valence-electron chi connectivity index (χ3n) is 4.07. The molecule has 2 saturated heterocycles. The van der Waals surface area contributed by atoms with E-state index in [1.54, 1.807) is 6.20 Å². The molecule has 0 amide bonds. The first-order valence-corrected chi connectivity index (χ1v) is 7.24. The van der Waals surface area contributed by atoms with Crippen LogP contribution in [0.2, 0.25) is 0 Å². The summed E-state index contributed by atoms with van der Waals surface area (Å²) in [5, 5.41) is 4.22. The highest BCUT2D eigenvalue weighted by Crippen LogP contribution is 2.30. The maximum atomic E-state index is 6.36. The van der Waals surface area contributed by atoms with Gasteiger partial charge in [0.1, 0.15) is 0 Å². The van der Waals surface area contributed by atoms with Gasteiger partial charge in [-0.1, -0.05) is 0 Å². The fraction of sp³-hybridized carbons (Fsp3) is 0.750. The van der Waals surface area contributed by atoms with Crippen LogP contribution < -0.4 is 5.73 Å². The summed E-state index contributed by atoms with van der Waals surface area (Å²) in [6, 6.07) is 0.483. The van der Waals surface area contributed by atoms with Gasteiger partial charge in [0.05, 0.1) is 35.1 Å². The minimum absolute atomic E-state index is 0.0612. The fourth-order valence-electron chi connectivity index (χ4n) is 3.03. The lowest BCUT2D eigenvalue weighted by Crippen LogP contribution is -2.50. The molecule has 0 radical (unpaired) electrons. The average Bonchev–Trinajstić information content (AvgIpc) is 2.94. The highest BCUT2D eigenvalue weighted by molar-refractivity contribution is 9.10. The van der Waals surface area contributed by atoms with Gasteiger partial charge in [-0.3, -0.25) is 9.58 Å². The number of halogens is 1. The lowest BCUT2D eigenvalue weighted by Gasteiger charge is -2.37. The fourth-order valence-corrected chi connectivity index (χ4v) is 3.64. The van der Waals surface area contributed by atoms with Crippen molar-refractivity contribution in [1.82, 2.24) is 14.7 Å². The summed E-state index contributed by atoms with van der Waals surface area (Å²) in [4.78, 5) is 2.51. The maximum Gasteiger partial charge on any atom is 0.0910 e. The third kappa shape index (κ3) is 2.11. The molecule has 3 rings (SSSR count). The quantitative estimate of drug-likeness (QED) is 0.886. The molecule has 3 atom stereocenters. The minimum Gasteiger partial charge on any atom is -0.373 e. The molecule has 0 aromatic carbocycles. The highest BCUT2D eigenvalue weighted by atomic mass is 79.9. The molecule has 2 aliphatic rings. The Bertz CT molecular complexity index is 416. The molecule has 1 aromatic rings. The number of nitrogens with zero attached hydrogens (tertiary/aromatic N) is 3. The van der Waals surface area contributed by atoms with Crippen LogP contribution in [0.1, 0.15) is 24.6 Å². The van der Waals surface area contributed by atoms with Crippen molar-refractivity contribution in [2.24, 2.45) is 12.8 Å². The first-order chi connectivity index (χ1) is 8.66. The molecule has 5 nitrogen and oxygen atoms in total. The van der Waals surface area contributed by atoms with Gasteiger partial charge in [0.15, 0.2) is 0 Å². The Labute approximate surface area is 115 Å². The van der Waals surface area contributed by atoms with Crippen LogP contribution in [-0.2, 0) is 11.8 Å². The molecule has 18 heavy (non-hydrogen) atoms. The molecular formula is C12H19BrN4O. The van der Waals surface area contributed by atoms with Crippen molar-refractivity contribution < 1.29 is 4.74 Å². The zero-order valence-electron chi connectivity index (χ0n) is 10.6. The summed E-state index contributed by atoms with van der Waals surface area (Å²) in [6.07, 6.45) is 4.39. The Balaban J connectivity index is 1.75. The summed E-state index contributed by atoms with van der Waals surface area (Å²) < 4.78 is 8.75. The molecule has 2 N–H and O–H groups in total. The van der Waals surface area contributed by atoms with Crippen molar-refractivity contribution in [1.29, 1.82) is 0 Å². The van der Waals surface area contributed by atoms with Gasteiger partial charge in [0.2, 0.25) is 0 Å². The van der Waals surface area contributed by atoms with E-state index in [9.17, 15) is 0 Å². The zero-order valence-corrected chi connectivity index (χ0v) is 12.1. The molecule has 6 heteroatoms. The van der Waals surface area contributed by atoms with Crippen LogP contribution in [0.15, 0.2) is 10.7 Å². The van der Waals surface area contributed by atoms with Gasteiger partial charge in [-0.05, 0) is 35.3 Å². The lowest BCUT2D eigenvalue weighted by molar-refractivity contribution is -0.0607. The highest BCUT2D eigenvalue weighted by Gasteiger charge is 2.36. The Kier molecular flexibility index (Phi) is 3.44. The molecular weight excluding hydrogens is 296 g/mol. The van der Waals surface area contributed by atoms with E-state index in [1.807, 2.05) is 11.7 Å². The number of morpholine rings is 1. The molecule has 0 aliphatic carbocycles. The molecule has 1 aromatic heterocycles. The standard InChI is InChI=1S/C12H19BrN4O/c1-16-12(9(13)5-15-16)11(14)10-6-17-4-2-3-8(17)7-18-10/h5,8,10-11H,2-4,6-7,14H2,1H3. The summed E-state index contributed by atoms with van der Waals surface area (Å²) in [5.41, 5.74) is 7.37. The van der Waals surface area contributed by atoms with Gasteiger partial charge in [-0.25, -0.2) is 0 Å². The van der Waals surface area contributed by atoms with Gasteiger partial charge in [-0.15, -0.1) is 0 Å². The van der Waals surface area contributed by atoms with Crippen LogP contribution in [-0.4, -0.2) is 46.5 Å². The second kappa shape index (κ2) is 4.92. The second-order valence-corrected chi connectivity index (χ2v) is 6.04. The number of ether oxygens (including phenoxy) is 1. The molecule has 3 unspecified atom stereocenters. The van der Waals surface area contributed by atoms with Crippen molar-refractivity contribution in [2.45, 2.75) is 31.0 Å². The second-order valence-electron chi connectivity index (χ2n) is 5.19. The van der Waals surface area contributed by atoms with E-state index in [4.69, 9.17) is 10.5 Å². The molecule has 2 aliphatic heterocycles. The van der Waals surface area contributed by atoms with Crippen molar-refractivity contribution in [3.05, 3.63) is 16.4 Å². The summed E-state index contributed by atoms with van der Waals surface area (Å²) >= 11 is 3.51. The minimum atomic E-state index is -0.131. The van der Waals surface area contributed by atoms with Crippen LogP contribution in [0, 0.1) is 0 Å². The average molecular weight is 315 g/mol. The molecule has 100 valence electrons. The van der Waals surface area contributed by atoms with Gasteiger partial charge in [0.25, 0.3) is 0 Å². The number of aryl methyl sites for hydroxylation is 1. The smallest absolute Gasteiger partial charge is 0.0910 e. The van der Waals surface area contributed by atoms with Crippen LogP contribution in [0.5, 0.6) is 0 Å². The van der Waals surface area contributed by atoms with E-state index in [1.165, 1.54) is 19.4 Å². The Morgan fingerprint density at radius 1 is 1.61 bits per heavy atom. The van der Waals surface area contributed by atoms with E-state index < -0.39 is 0 Å². The first-order valence-electron chi connectivity index (χ1n) is 6.45. The predicted molar refractivity (Wildman–Crippen MR) is 72.2 cm³/mol. The number of fused-ring (bicyclic) bond motifs is 1. The predicted octanol–water partition coefficient (Wildman–Crippen LogP) is 1.05. The largest absolute Gasteiger partial charge is 0.373 e. The van der Waals surface area contributed by atoms with Crippen molar-refractivity contribution in [3.63, 3.8) is 0 Å². The number of nitrogens with two attached hydrogens (primary N) is 1. The number of aromatic nitrogens is 2. The molecule has 0 bridgehead atoms. The van der Waals surface area contributed by atoms with Crippen LogP contribution in [0.3, 0.4) is 0 Å². The van der Waals surface area contributed by atoms with Gasteiger partial charge < -0.3 is 10.5 Å². The first kappa shape index (κ1) is 12.6. The van der Waals surface area contributed by atoms with Gasteiger partial charge in [0, 0.05) is 19.6 Å². The Morgan fingerprint density at radius 2 is 2.44 bits per heavy atom. The van der Waals surface area contributed by atoms with Gasteiger partial charge in [-0.2, -0.15) is 5.10 Å². The summed E-state index contributed by atoms with van der Waals surface area (Å²) in [7, 11) is 1.92. The Hall–Kier alpha value is -0.430.